The summed E-state index contributed by atoms with van der Waals surface area (Å²) in [6, 6.07) is 7.07. The number of fused-ring (bicyclic) bond motifs is 1. The van der Waals surface area contributed by atoms with Gasteiger partial charge in [-0.2, -0.15) is 0 Å². The quantitative estimate of drug-likeness (QED) is 0.234. The Bertz CT molecular complexity index is 1150. The monoisotopic (exact) mass is 568 g/mol. The smallest absolute Gasteiger partial charge is 0.312 e. The maximum absolute atomic E-state index is 13.9. The van der Waals surface area contributed by atoms with Crippen molar-refractivity contribution in [2.24, 2.45) is 34.5 Å². The Hall–Kier alpha value is -2.57. The second-order valence-corrected chi connectivity index (χ2v) is 14.6. The summed E-state index contributed by atoms with van der Waals surface area (Å²) in [5.41, 5.74) is -1.04. The van der Waals surface area contributed by atoms with Gasteiger partial charge in [-0.3, -0.25) is 14.4 Å². The summed E-state index contributed by atoms with van der Waals surface area (Å²) < 4.78 is 18.1. The van der Waals surface area contributed by atoms with Crippen molar-refractivity contribution < 1.29 is 33.7 Å². The SMILES string of the molecule is CCC(C)(CC(CC(C)(C)C(=O)OC1C2CC3C(=O)OC1C3C2)c1ccc(O)cc1)C(=O)OC1(C(C)C)CCCC1. The van der Waals surface area contributed by atoms with Crippen LogP contribution in [0.15, 0.2) is 24.3 Å². The van der Waals surface area contributed by atoms with Crippen molar-refractivity contribution in [2.75, 3.05) is 0 Å². The van der Waals surface area contributed by atoms with E-state index in [4.69, 9.17) is 14.2 Å². The van der Waals surface area contributed by atoms with Gasteiger partial charge in [-0.1, -0.05) is 32.9 Å². The van der Waals surface area contributed by atoms with Crippen LogP contribution in [-0.2, 0) is 28.6 Å². The van der Waals surface area contributed by atoms with Crippen molar-refractivity contribution >= 4 is 17.9 Å². The average Bonchev–Trinajstić information content (AvgIpc) is 3.68. The van der Waals surface area contributed by atoms with Crippen LogP contribution < -0.4 is 0 Å². The van der Waals surface area contributed by atoms with Crippen LogP contribution in [0.25, 0.3) is 0 Å². The molecule has 1 aliphatic heterocycles. The molecular formula is C34H48O7. The molecule has 4 aliphatic rings. The first-order valence-corrected chi connectivity index (χ1v) is 15.7. The van der Waals surface area contributed by atoms with Gasteiger partial charge in [-0.25, -0.2) is 0 Å². The zero-order valence-corrected chi connectivity index (χ0v) is 25.6. The molecule has 226 valence electrons. The zero-order chi connectivity index (χ0) is 29.7. The van der Waals surface area contributed by atoms with Crippen LogP contribution in [0.3, 0.4) is 0 Å². The molecule has 0 radical (unpaired) electrons. The van der Waals surface area contributed by atoms with Crippen LogP contribution in [-0.4, -0.2) is 40.8 Å². The first-order valence-electron chi connectivity index (χ1n) is 15.7. The van der Waals surface area contributed by atoms with Gasteiger partial charge in [-0.05, 0) is 108 Å². The number of hydrogen-bond acceptors (Lipinski definition) is 7. The summed E-state index contributed by atoms with van der Waals surface area (Å²) >= 11 is 0. The molecule has 0 amide bonds. The second-order valence-electron chi connectivity index (χ2n) is 14.6. The number of aromatic hydroxyl groups is 1. The molecular weight excluding hydrogens is 520 g/mol. The van der Waals surface area contributed by atoms with Crippen molar-refractivity contribution in [3.05, 3.63) is 29.8 Å². The Morgan fingerprint density at radius 3 is 2.32 bits per heavy atom. The van der Waals surface area contributed by atoms with E-state index in [9.17, 15) is 19.5 Å². The van der Waals surface area contributed by atoms with Gasteiger partial charge in [0.2, 0.25) is 0 Å². The van der Waals surface area contributed by atoms with Gasteiger partial charge in [-0.15, -0.1) is 0 Å². The number of phenols is 1. The van der Waals surface area contributed by atoms with Gasteiger partial charge in [0.25, 0.3) is 0 Å². The van der Waals surface area contributed by atoms with Crippen molar-refractivity contribution in [3.8, 4) is 5.75 Å². The van der Waals surface area contributed by atoms with Gasteiger partial charge in [0.1, 0.15) is 23.6 Å². The van der Waals surface area contributed by atoms with Crippen LogP contribution >= 0.6 is 0 Å². The molecule has 1 N–H and O–H groups in total. The summed E-state index contributed by atoms with van der Waals surface area (Å²) in [5, 5.41) is 9.96. The first-order chi connectivity index (χ1) is 19.3. The zero-order valence-electron chi connectivity index (χ0n) is 25.6. The number of ether oxygens (including phenoxy) is 3. The summed E-state index contributed by atoms with van der Waals surface area (Å²) in [7, 11) is 0. The predicted octanol–water partition coefficient (Wildman–Crippen LogP) is 6.70. The molecule has 3 saturated carbocycles. The third kappa shape index (κ3) is 5.50. The number of rotatable bonds is 11. The minimum Gasteiger partial charge on any atom is -0.508 e. The van der Waals surface area contributed by atoms with E-state index in [0.29, 0.717) is 19.3 Å². The van der Waals surface area contributed by atoms with E-state index in [1.807, 2.05) is 39.8 Å². The second kappa shape index (κ2) is 10.9. The molecule has 3 aliphatic carbocycles. The molecule has 7 heteroatoms. The Labute approximate surface area is 244 Å². The van der Waals surface area contributed by atoms with Crippen LogP contribution in [0, 0.1) is 34.5 Å². The van der Waals surface area contributed by atoms with E-state index in [1.165, 1.54) is 0 Å². The lowest BCUT2D eigenvalue weighted by molar-refractivity contribution is -0.177. The van der Waals surface area contributed by atoms with E-state index in [2.05, 4.69) is 13.8 Å². The Morgan fingerprint density at radius 1 is 1.05 bits per heavy atom. The largest absolute Gasteiger partial charge is 0.508 e. The third-order valence-corrected chi connectivity index (χ3v) is 11.1. The summed E-state index contributed by atoms with van der Waals surface area (Å²) in [5.74, 6) is -0.0279. The first kappa shape index (κ1) is 29.9. The van der Waals surface area contributed by atoms with Gasteiger partial charge >= 0.3 is 17.9 Å². The van der Waals surface area contributed by atoms with Gasteiger partial charge < -0.3 is 19.3 Å². The molecule has 1 heterocycles. The molecule has 7 unspecified atom stereocenters. The fourth-order valence-electron chi connectivity index (χ4n) is 8.10. The number of phenolic OH excluding ortho intramolecular Hbond substituents is 1. The number of esters is 3. The lowest BCUT2D eigenvalue weighted by Crippen LogP contribution is -2.43. The number of carbonyl (C=O) groups excluding carboxylic acids is 3. The molecule has 7 nitrogen and oxygen atoms in total. The van der Waals surface area contributed by atoms with Gasteiger partial charge in [0.15, 0.2) is 0 Å². The molecule has 5 rings (SSSR count). The molecule has 7 atom stereocenters. The highest BCUT2D eigenvalue weighted by molar-refractivity contribution is 5.79. The average molecular weight is 569 g/mol. The highest BCUT2D eigenvalue weighted by atomic mass is 16.6. The molecule has 0 aromatic heterocycles. The van der Waals surface area contributed by atoms with Crippen molar-refractivity contribution in [1.29, 1.82) is 0 Å². The van der Waals surface area contributed by atoms with E-state index in [0.717, 1.165) is 44.1 Å². The molecule has 4 fully saturated rings. The summed E-state index contributed by atoms with van der Waals surface area (Å²) in [6.07, 6.45) is 6.45. The van der Waals surface area contributed by atoms with E-state index in [-0.39, 0.29) is 65.5 Å². The lowest BCUT2D eigenvalue weighted by Gasteiger charge is -2.39. The fourth-order valence-corrected chi connectivity index (χ4v) is 8.10. The minimum absolute atomic E-state index is 0.0302. The fraction of sp³-hybridized carbons (Fsp3) is 0.735. The van der Waals surface area contributed by atoms with Crippen LogP contribution in [0.5, 0.6) is 5.75 Å². The lowest BCUT2D eigenvalue weighted by atomic mass is 9.70. The summed E-state index contributed by atoms with van der Waals surface area (Å²) in [6.45, 7) is 12.1. The number of hydrogen-bond donors (Lipinski definition) is 1. The molecule has 1 aromatic carbocycles. The van der Waals surface area contributed by atoms with E-state index >= 15 is 0 Å². The minimum atomic E-state index is -0.852. The maximum atomic E-state index is 13.9. The highest BCUT2D eigenvalue weighted by Gasteiger charge is 2.63. The number of benzene rings is 1. The molecule has 1 saturated heterocycles. The Balaban J connectivity index is 1.34. The molecule has 2 bridgehead atoms. The van der Waals surface area contributed by atoms with E-state index in [1.54, 1.807) is 12.1 Å². The van der Waals surface area contributed by atoms with Crippen LogP contribution in [0.2, 0.25) is 0 Å². The topological polar surface area (TPSA) is 99.1 Å². The van der Waals surface area contributed by atoms with E-state index < -0.39 is 16.4 Å². The Kier molecular flexibility index (Phi) is 7.97. The Morgan fingerprint density at radius 2 is 1.71 bits per heavy atom. The van der Waals surface area contributed by atoms with Gasteiger partial charge in [0.05, 0.1) is 16.7 Å². The standard InChI is InChI=1S/C34H48O7/c1-7-33(6,31(38)41-34(20(2)3)14-8-9-15-34)19-23(21-10-12-24(35)13-11-21)18-32(4,5)30(37)40-27-22-16-25-26(17-22)29(36)39-28(25)27/h10-13,20,22-23,25-28,35H,7-9,14-19H2,1-6H3. The summed E-state index contributed by atoms with van der Waals surface area (Å²) in [4.78, 5) is 39.8. The molecule has 0 spiro atoms. The molecule has 1 aromatic rings. The number of carbonyl (C=O) groups is 3. The van der Waals surface area contributed by atoms with Crippen molar-refractivity contribution in [2.45, 2.75) is 123 Å². The van der Waals surface area contributed by atoms with Gasteiger partial charge in [0, 0.05) is 11.8 Å². The molecule has 41 heavy (non-hydrogen) atoms. The van der Waals surface area contributed by atoms with Crippen LogP contribution in [0.4, 0.5) is 0 Å². The van der Waals surface area contributed by atoms with Crippen molar-refractivity contribution in [3.63, 3.8) is 0 Å². The third-order valence-electron chi connectivity index (χ3n) is 11.1. The highest BCUT2D eigenvalue weighted by Crippen LogP contribution is 2.56. The predicted molar refractivity (Wildman–Crippen MR) is 154 cm³/mol. The maximum Gasteiger partial charge on any atom is 0.312 e. The van der Waals surface area contributed by atoms with Crippen LogP contribution in [0.1, 0.15) is 111 Å². The van der Waals surface area contributed by atoms with Crippen molar-refractivity contribution in [1.82, 2.24) is 0 Å². The normalized spacial score (nSPS) is 30.2.